The third-order valence-corrected chi connectivity index (χ3v) is 5.31. The first kappa shape index (κ1) is 20.7. The van der Waals surface area contributed by atoms with Crippen molar-refractivity contribution in [2.24, 2.45) is 0 Å². The number of rotatable bonds is 7. The molecule has 2 amide bonds. The molecular formula is C26H26N2O3. The summed E-state index contributed by atoms with van der Waals surface area (Å²) in [5, 5.41) is 2.95. The fourth-order valence-electron chi connectivity index (χ4n) is 3.74. The Bertz CT molecular complexity index is 1090. The summed E-state index contributed by atoms with van der Waals surface area (Å²) in [5.74, 6) is 0.641. The highest BCUT2D eigenvalue weighted by molar-refractivity contribution is 6.04. The van der Waals surface area contributed by atoms with Gasteiger partial charge in [0, 0.05) is 30.8 Å². The lowest BCUT2D eigenvalue weighted by Crippen LogP contribution is -2.23. The molecule has 1 heterocycles. The summed E-state index contributed by atoms with van der Waals surface area (Å²) in [6.45, 7) is 3.87. The second kappa shape index (κ2) is 9.47. The zero-order valence-electron chi connectivity index (χ0n) is 17.6. The Kier molecular flexibility index (Phi) is 6.32. The molecule has 5 heteroatoms. The Hall–Kier alpha value is -3.60. The van der Waals surface area contributed by atoms with Gasteiger partial charge in [-0.2, -0.15) is 0 Å². The van der Waals surface area contributed by atoms with Crippen molar-refractivity contribution in [1.82, 2.24) is 4.90 Å². The minimum Gasteiger partial charge on any atom is -0.489 e. The van der Waals surface area contributed by atoms with Crippen LogP contribution in [-0.2, 0) is 17.9 Å². The number of benzene rings is 3. The van der Waals surface area contributed by atoms with E-state index in [-0.39, 0.29) is 11.8 Å². The average Bonchev–Trinajstić information content (AvgIpc) is 3.17. The van der Waals surface area contributed by atoms with Crippen molar-refractivity contribution >= 4 is 17.5 Å². The van der Waals surface area contributed by atoms with Crippen LogP contribution in [0.25, 0.3) is 0 Å². The minimum atomic E-state index is -0.199. The third-order valence-electron chi connectivity index (χ3n) is 5.31. The molecule has 4 rings (SSSR count). The molecule has 0 atom stereocenters. The largest absolute Gasteiger partial charge is 0.489 e. The molecule has 0 bridgehead atoms. The van der Waals surface area contributed by atoms with Gasteiger partial charge in [0.2, 0.25) is 5.91 Å². The summed E-state index contributed by atoms with van der Waals surface area (Å²) < 4.78 is 5.87. The number of hydrogen-bond donors (Lipinski definition) is 1. The summed E-state index contributed by atoms with van der Waals surface area (Å²) in [6, 6.07) is 23.0. The van der Waals surface area contributed by atoms with Crippen molar-refractivity contribution in [1.29, 1.82) is 0 Å². The number of carbonyl (C=O) groups excluding carboxylic acids is 2. The predicted molar refractivity (Wildman–Crippen MR) is 121 cm³/mol. The number of likely N-dealkylation sites (tertiary alicyclic amines) is 1. The Morgan fingerprint density at radius 2 is 1.81 bits per heavy atom. The third kappa shape index (κ3) is 5.51. The number of anilines is 1. The van der Waals surface area contributed by atoms with Gasteiger partial charge in [-0.05, 0) is 54.8 Å². The second-order valence-electron chi connectivity index (χ2n) is 7.88. The Morgan fingerprint density at radius 3 is 2.61 bits per heavy atom. The first-order valence-corrected chi connectivity index (χ1v) is 10.5. The normalized spacial score (nSPS) is 13.3. The summed E-state index contributed by atoms with van der Waals surface area (Å²) in [4.78, 5) is 26.5. The van der Waals surface area contributed by atoms with Gasteiger partial charge in [0.1, 0.15) is 12.4 Å². The fourth-order valence-corrected chi connectivity index (χ4v) is 3.74. The molecule has 3 aromatic rings. The van der Waals surface area contributed by atoms with E-state index < -0.39 is 0 Å². The van der Waals surface area contributed by atoms with Crippen molar-refractivity contribution < 1.29 is 14.3 Å². The van der Waals surface area contributed by atoms with Crippen LogP contribution in [-0.4, -0.2) is 23.3 Å². The Morgan fingerprint density at radius 1 is 1.00 bits per heavy atom. The summed E-state index contributed by atoms with van der Waals surface area (Å²) in [5.41, 5.74) is 4.51. The molecule has 0 aliphatic carbocycles. The van der Waals surface area contributed by atoms with E-state index in [0.717, 1.165) is 24.1 Å². The SMILES string of the molecule is Cc1cccc(COc2cccc(C(=O)Nc3cccc(CN4CCCC4=O)c3)c2)c1. The standard InChI is InChI=1S/C26H26N2O3/c1-19-6-2-8-21(14-19)18-31-24-11-4-9-22(16-24)26(30)27-23-10-3-7-20(15-23)17-28-13-5-12-25(28)29/h2-4,6-11,14-16H,5,12-13,17-18H2,1H3,(H,27,30). The van der Waals surface area contributed by atoms with Crippen LogP contribution >= 0.6 is 0 Å². The fraction of sp³-hybridized carbons (Fsp3) is 0.231. The lowest BCUT2D eigenvalue weighted by Gasteiger charge is -2.16. The maximum Gasteiger partial charge on any atom is 0.255 e. The van der Waals surface area contributed by atoms with E-state index >= 15 is 0 Å². The monoisotopic (exact) mass is 414 g/mol. The quantitative estimate of drug-likeness (QED) is 0.595. The van der Waals surface area contributed by atoms with E-state index in [1.54, 1.807) is 12.1 Å². The highest BCUT2D eigenvalue weighted by Crippen LogP contribution is 2.20. The van der Waals surface area contributed by atoms with Crippen molar-refractivity contribution in [3.05, 3.63) is 95.1 Å². The van der Waals surface area contributed by atoms with Crippen LogP contribution < -0.4 is 10.1 Å². The second-order valence-corrected chi connectivity index (χ2v) is 7.88. The van der Waals surface area contributed by atoms with Crippen LogP contribution in [0.1, 0.15) is 39.9 Å². The zero-order chi connectivity index (χ0) is 21.6. The van der Waals surface area contributed by atoms with Crippen LogP contribution in [0.5, 0.6) is 5.75 Å². The zero-order valence-corrected chi connectivity index (χ0v) is 17.6. The average molecular weight is 415 g/mol. The number of amides is 2. The topological polar surface area (TPSA) is 58.6 Å². The first-order chi connectivity index (χ1) is 15.1. The number of nitrogens with zero attached hydrogens (tertiary/aromatic N) is 1. The smallest absolute Gasteiger partial charge is 0.255 e. The molecule has 0 saturated carbocycles. The van der Waals surface area contributed by atoms with Crippen LogP contribution in [0.2, 0.25) is 0 Å². The van der Waals surface area contributed by atoms with E-state index in [0.29, 0.717) is 36.6 Å². The van der Waals surface area contributed by atoms with E-state index in [1.165, 1.54) is 5.56 Å². The Balaban J connectivity index is 1.39. The van der Waals surface area contributed by atoms with Crippen LogP contribution in [0, 0.1) is 6.92 Å². The van der Waals surface area contributed by atoms with Crippen molar-refractivity contribution in [3.63, 3.8) is 0 Å². The molecule has 1 fully saturated rings. The molecule has 5 nitrogen and oxygen atoms in total. The first-order valence-electron chi connectivity index (χ1n) is 10.5. The molecule has 1 saturated heterocycles. The number of ether oxygens (including phenoxy) is 1. The Labute approximate surface area is 182 Å². The molecule has 1 N–H and O–H groups in total. The lowest BCUT2D eigenvalue weighted by molar-refractivity contribution is -0.128. The van der Waals surface area contributed by atoms with E-state index in [1.807, 2.05) is 66.4 Å². The molecule has 1 aliphatic heterocycles. The maximum absolute atomic E-state index is 12.8. The summed E-state index contributed by atoms with van der Waals surface area (Å²) in [6.07, 6.45) is 1.54. The van der Waals surface area contributed by atoms with Crippen molar-refractivity contribution in [2.45, 2.75) is 32.9 Å². The van der Waals surface area contributed by atoms with Gasteiger partial charge in [-0.25, -0.2) is 0 Å². The van der Waals surface area contributed by atoms with Gasteiger partial charge >= 0.3 is 0 Å². The van der Waals surface area contributed by atoms with Crippen molar-refractivity contribution in [2.75, 3.05) is 11.9 Å². The van der Waals surface area contributed by atoms with Gasteiger partial charge in [0.15, 0.2) is 0 Å². The van der Waals surface area contributed by atoms with Gasteiger partial charge in [-0.3, -0.25) is 9.59 Å². The number of aryl methyl sites for hydroxylation is 1. The molecule has 158 valence electrons. The molecule has 1 aliphatic rings. The summed E-state index contributed by atoms with van der Waals surface area (Å²) in [7, 11) is 0. The predicted octanol–water partition coefficient (Wildman–Crippen LogP) is 4.95. The highest BCUT2D eigenvalue weighted by Gasteiger charge is 2.20. The van der Waals surface area contributed by atoms with Gasteiger partial charge in [-0.15, -0.1) is 0 Å². The molecular weight excluding hydrogens is 388 g/mol. The molecule has 0 spiro atoms. The van der Waals surface area contributed by atoms with Crippen LogP contribution in [0.4, 0.5) is 5.69 Å². The number of hydrogen-bond acceptors (Lipinski definition) is 3. The van der Waals surface area contributed by atoms with Gasteiger partial charge in [-0.1, -0.05) is 48.0 Å². The molecule has 0 unspecified atom stereocenters. The minimum absolute atomic E-state index is 0.192. The molecule has 0 aromatic heterocycles. The van der Waals surface area contributed by atoms with E-state index in [2.05, 4.69) is 11.4 Å². The van der Waals surface area contributed by atoms with Crippen LogP contribution in [0.15, 0.2) is 72.8 Å². The molecule has 31 heavy (non-hydrogen) atoms. The number of carbonyl (C=O) groups is 2. The molecule has 3 aromatic carbocycles. The number of nitrogens with one attached hydrogen (secondary N) is 1. The van der Waals surface area contributed by atoms with Crippen LogP contribution in [0.3, 0.4) is 0 Å². The van der Waals surface area contributed by atoms with Crippen molar-refractivity contribution in [3.8, 4) is 5.75 Å². The lowest BCUT2D eigenvalue weighted by atomic mass is 10.1. The maximum atomic E-state index is 12.8. The van der Waals surface area contributed by atoms with Gasteiger partial charge in [0.25, 0.3) is 5.91 Å². The highest BCUT2D eigenvalue weighted by atomic mass is 16.5. The molecule has 0 radical (unpaired) electrons. The van der Waals surface area contributed by atoms with Gasteiger partial charge in [0.05, 0.1) is 0 Å². The van der Waals surface area contributed by atoms with E-state index in [4.69, 9.17) is 4.74 Å². The van der Waals surface area contributed by atoms with E-state index in [9.17, 15) is 9.59 Å². The van der Waals surface area contributed by atoms with Gasteiger partial charge < -0.3 is 15.0 Å². The summed E-state index contributed by atoms with van der Waals surface area (Å²) >= 11 is 0.